The highest BCUT2D eigenvalue weighted by atomic mass is 35.5. The monoisotopic (exact) mass is 301 g/mol. The molecule has 0 amide bonds. The highest BCUT2D eigenvalue weighted by molar-refractivity contribution is 6.63. The van der Waals surface area contributed by atoms with Crippen molar-refractivity contribution >= 4 is 28.4 Å². The van der Waals surface area contributed by atoms with Crippen molar-refractivity contribution in [1.82, 2.24) is 14.8 Å². The van der Waals surface area contributed by atoms with E-state index < -0.39 is 11.1 Å². The molecule has 0 radical (unpaired) electrons. The van der Waals surface area contributed by atoms with Crippen LogP contribution in [0.1, 0.15) is 12.7 Å². The number of carbonyl (C=O) groups is 1. The number of carbonyl (C=O) groups excluding carboxylic acids is 1. The van der Waals surface area contributed by atoms with Crippen LogP contribution in [0.25, 0.3) is 11.4 Å². The number of aromatic nitrogens is 3. The molecule has 19 heavy (non-hydrogen) atoms. The number of aryl methyl sites for hydroxylation is 1. The number of hydrogen-bond donors (Lipinski definition) is 0. The maximum absolute atomic E-state index is 13.4. The summed E-state index contributed by atoms with van der Waals surface area (Å²) in [5.74, 6) is 0.409. The average Bonchev–Trinajstić information content (AvgIpc) is 2.75. The quantitative estimate of drug-likeness (QED) is 0.816. The Kier molecular flexibility index (Phi) is 4.17. The summed E-state index contributed by atoms with van der Waals surface area (Å²) in [6, 6.07) is 4.31. The van der Waals surface area contributed by atoms with E-state index in [0.29, 0.717) is 23.6 Å². The molecule has 0 spiro atoms. The van der Waals surface area contributed by atoms with Crippen LogP contribution in [0.5, 0.6) is 0 Å². The SMILES string of the molecule is CCc1nc(-c2ccc(Cl)c(F)c2)nn1CC(=O)Cl. The first-order valence-corrected chi connectivity index (χ1v) is 6.34. The molecule has 0 saturated heterocycles. The third-order valence-electron chi connectivity index (χ3n) is 2.52. The lowest BCUT2D eigenvalue weighted by Gasteiger charge is -1.98. The molecule has 1 aromatic carbocycles. The highest BCUT2D eigenvalue weighted by Gasteiger charge is 2.13. The van der Waals surface area contributed by atoms with Crippen molar-refractivity contribution in [3.8, 4) is 11.4 Å². The minimum absolute atomic E-state index is 0.0369. The molecule has 7 heteroatoms. The fourth-order valence-corrected chi connectivity index (χ4v) is 1.87. The van der Waals surface area contributed by atoms with E-state index in [-0.39, 0.29) is 11.6 Å². The summed E-state index contributed by atoms with van der Waals surface area (Å²) < 4.78 is 14.8. The largest absolute Gasteiger partial charge is 0.279 e. The van der Waals surface area contributed by atoms with Gasteiger partial charge in [-0.2, -0.15) is 5.10 Å². The van der Waals surface area contributed by atoms with E-state index >= 15 is 0 Å². The van der Waals surface area contributed by atoms with Gasteiger partial charge in [0, 0.05) is 12.0 Å². The van der Waals surface area contributed by atoms with Gasteiger partial charge in [0.25, 0.3) is 0 Å². The number of rotatable bonds is 4. The van der Waals surface area contributed by atoms with E-state index in [1.165, 1.54) is 16.8 Å². The molecule has 0 aliphatic heterocycles. The molecule has 2 rings (SSSR count). The zero-order valence-corrected chi connectivity index (χ0v) is 11.5. The number of benzene rings is 1. The minimum atomic E-state index is -0.540. The second-order valence-electron chi connectivity index (χ2n) is 3.85. The predicted molar refractivity (Wildman–Crippen MR) is 70.7 cm³/mol. The Labute approximate surface area is 119 Å². The van der Waals surface area contributed by atoms with Crippen LogP contribution in [0.4, 0.5) is 4.39 Å². The van der Waals surface area contributed by atoms with Crippen molar-refractivity contribution in [3.63, 3.8) is 0 Å². The van der Waals surface area contributed by atoms with Crippen LogP contribution < -0.4 is 0 Å². The van der Waals surface area contributed by atoms with Crippen LogP contribution >= 0.6 is 23.2 Å². The van der Waals surface area contributed by atoms with E-state index in [9.17, 15) is 9.18 Å². The average molecular weight is 302 g/mol. The number of hydrogen-bond acceptors (Lipinski definition) is 3. The van der Waals surface area contributed by atoms with Gasteiger partial charge in [-0.3, -0.25) is 4.79 Å². The molecule has 0 aliphatic carbocycles. The molecule has 0 aliphatic rings. The normalized spacial score (nSPS) is 10.7. The maximum atomic E-state index is 13.4. The van der Waals surface area contributed by atoms with Crippen molar-refractivity contribution in [1.29, 1.82) is 0 Å². The molecule has 0 saturated carbocycles. The Bertz CT molecular complexity index is 627. The topological polar surface area (TPSA) is 47.8 Å². The van der Waals surface area contributed by atoms with Crippen LogP contribution in [-0.2, 0) is 17.8 Å². The molecular formula is C12H10Cl2FN3O. The molecule has 0 atom stereocenters. The van der Waals surface area contributed by atoms with Gasteiger partial charge in [-0.15, -0.1) is 0 Å². The van der Waals surface area contributed by atoms with Crippen LogP contribution in [0.3, 0.4) is 0 Å². The fraction of sp³-hybridized carbons (Fsp3) is 0.250. The summed E-state index contributed by atoms with van der Waals surface area (Å²) in [7, 11) is 0. The summed E-state index contributed by atoms with van der Waals surface area (Å²) in [5.41, 5.74) is 0.498. The van der Waals surface area contributed by atoms with E-state index in [2.05, 4.69) is 10.1 Å². The lowest BCUT2D eigenvalue weighted by atomic mass is 10.2. The highest BCUT2D eigenvalue weighted by Crippen LogP contribution is 2.22. The summed E-state index contributed by atoms with van der Waals surface area (Å²) in [6.07, 6.45) is 0.591. The van der Waals surface area contributed by atoms with Crippen molar-refractivity contribution in [2.75, 3.05) is 0 Å². The Hall–Kier alpha value is -1.46. The molecule has 4 nitrogen and oxygen atoms in total. The number of halogens is 3. The van der Waals surface area contributed by atoms with Gasteiger partial charge in [0.2, 0.25) is 5.24 Å². The summed E-state index contributed by atoms with van der Waals surface area (Å²) in [6.45, 7) is 1.82. The zero-order valence-electron chi connectivity index (χ0n) is 10.0. The standard InChI is InChI=1S/C12H10Cl2FN3O/c1-2-11-16-12(17-18(11)6-10(14)19)7-3-4-8(13)9(15)5-7/h3-5H,2,6H2,1H3. The second-order valence-corrected chi connectivity index (χ2v) is 4.68. The van der Waals surface area contributed by atoms with Gasteiger partial charge in [0.1, 0.15) is 18.2 Å². The molecule has 0 fully saturated rings. The third kappa shape index (κ3) is 3.11. The predicted octanol–water partition coefficient (Wildman–Crippen LogP) is 3.07. The summed E-state index contributed by atoms with van der Waals surface area (Å²) in [5, 5.41) is 3.66. The van der Waals surface area contributed by atoms with Gasteiger partial charge in [0.15, 0.2) is 5.82 Å². The van der Waals surface area contributed by atoms with Gasteiger partial charge in [-0.25, -0.2) is 14.1 Å². The van der Waals surface area contributed by atoms with Crippen molar-refractivity contribution in [2.24, 2.45) is 0 Å². The van der Waals surface area contributed by atoms with E-state index in [4.69, 9.17) is 23.2 Å². The lowest BCUT2D eigenvalue weighted by Crippen LogP contribution is -2.09. The third-order valence-corrected chi connectivity index (χ3v) is 2.94. The smallest absolute Gasteiger partial charge is 0.243 e. The van der Waals surface area contributed by atoms with Crippen molar-refractivity contribution in [2.45, 2.75) is 19.9 Å². The van der Waals surface area contributed by atoms with Crippen LogP contribution in [0.15, 0.2) is 18.2 Å². The molecule has 1 heterocycles. The molecule has 2 aromatic rings. The second kappa shape index (κ2) is 5.67. The molecule has 100 valence electrons. The van der Waals surface area contributed by atoms with Gasteiger partial charge in [-0.05, 0) is 29.8 Å². The summed E-state index contributed by atoms with van der Waals surface area (Å²) in [4.78, 5) is 15.2. The van der Waals surface area contributed by atoms with Gasteiger partial charge < -0.3 is 0 Å². The van der Waals surface area contributed by atoms with Gasteiger partial charge >= 0.3 is 0 Å². The van der Waals surface area contributed by atoms with Gasteiger partial charge in [-0.1, -0.05) is 18.5 Å². The van der Waals surface area contributed by atoms with Crippen LogP contribution in [0, 0.1) is 5.82 Å². The summed E-state index contributed by atoms with van der Waals surface area (Å²) >= 11 is 11.0. The minimum Gasteiger partial charge on any atom is -0.279 e. The maximum Gasteiger partial charge on any atom is 0.243 e. The Balaban J connectivity index is 2.42. The van der Waals surface area contributed by atoms with Crippen LogP contribution in [-0.4, -0.2) is 20.0 Å². The first-order chi connectivity index (χ1) is 9.01. The first kappa shape index (κ1) is 14.0. The molecular weight excluding hydrogens is 292 g/mol. The lowest BCUT2D eigenvalue weighted by molar-refractivity contribution is -0.112. The Morgan fingerprint density at radius 3 is 2.79 bits per heavy atom. The Morgan fingerprint density at radius 1 is 1.47 bits per heavy atom. The van der Waals surface area contributed by atoms with Crippen molar-refractivity contribution < 1.29 is 9.18 Å². The molecule has 0 unspecified atom stereocenters. The first-order valence-electron chi connectivity index (χ1n) is 5.58. The van der Waals surface area contributed by atoms with E-state index in [1.54, 1.807) is 6.07 Å². The molecule has 1 aromatic heterocycles. The zero-order chi connectivity index (χ0) is 14.0. The molecule has 0 N–H and O–H groups in total. The number of nitrogens with zero attached hydrogens (tertiary/aromatic N) is 3. The van der Waals surface area contributed by atoms with E-state index in [1.807, 2.05) is 6.92 Å². The molecule has 0 bridgehead atoms. The van der Waals surface area contributed by atoms with E-state index in [0.717, 1.165) is 0 Å². The fourth-order valence-electron chi connectivity index (χ4n) is 1.64. The van der Waals surface area contributed by atoms with Crippen molar-refractivity contribution in [3.05, 3.63) is 34.9 Å². The Morgan fingerprint density at radius 2 is 2.21 bits per heavy atom. The van der Waals surface area contributed by atoms with Crippen LogP contribution in [0.2, 0.25) is 5.02 Å². The van der Waals surface area contributed by atoms with Gasteiger partial charge in [0.05, 0.1) is 5.02 Å².